The van der Waals surface area contributed by atoms with Gasteiger partial charge in [-0.05, 0) is 6.92 Å². The molecule has 0 saturated carbocycles. The van der Waals surface area contributed by atoms with Crippen LogP contribution >= 0.6 is 15.9 Å². The summed E-state index contributed by atoms with van der Waals surface area (Å²) in [6.45, 7) is 1.72. The van der Waals surface area contributed by atoms with Gasteiger partial charge in [0.1, 0.15) is 0 Å². The molecular weight excluding hydrogens is 184 g/mol. The normalized spacial score (nSPS) is 11.2. The molecule has 0 aromatic rings. The van der Waals surface area contributed by atoms with E-state index in [1.54, 1.807) is 13.0 Å². The van der Waals surface area contributed by atoms with Crippen molar-refractivity contribution in [2.45, 2.75) is 6.92 Å². The van der Waals surface area contributed by atoms with Gasteiger partial charge < -0.3 is 4.74 Å². The molecule has 3 heteroatoms. The van der Waals surface area contributed by atoms with Crippen LogP contribution in [0.1, 0.15) is 6.92 Å². The summed E-state index contributed by atoms with van der Waals surface area (Å²) in [7, 11) is 1.37. The summed E-state index contributed by atoms with van der Waals surface area (Å²) >= 11 is 3.16. The van der Waals surface area contributed by atoms with E-state index in [0.717, 1.165) is 0 Å². The number of hydrogen-bond donors (Lipinski definition) is 0. The second kappa shape index (κ2) is 4.56. The molecule has 0 fully saturated rings. The molecule has 0 N–H and O–H groups in total. The fraction of sp³-hybridized carbons (Fsp3) is 0.500. The van der Waals surface area contributed by atoms with Gasteiger partial charge in [0, 0.05) is 10.9 Å². The summed E-state index contributed by atoms with van der Waals surface area (Å²) in [5.41, 5.74) is 0.634. The number of allylic oxidation sites excluding steroid dienone is 1. The molecule has 0 aliphatic heterocycles. The first-order valence-electron chi connectivity index (χ1n) is 2.53. The lowest BCUT2D eigenvalue weighted by Gasteiger charge is -1.94. The van der Waals surface area contributed by atoms with Crippen molar-refractivity contribution in [2.24, 2.45) is 0 Å². The van der Waals surface area contributed by atoms with E-state index in [2.05, 4.69) is 20.7 Å². The highest BCUT2D eigenvalue weighted by Gasteiger charge is 1.99. The summed E-state index contributed by atoms with van der Waals surface area (Å²) in [5, 5.41) is 0.688. The number of rotatable bonds is 2. The van der Waals surface area contributed by atoms with Crippen LogP contribution in [-0.4, -0.2) is 18.4 Å². The molecule has 0 spiro atoms. The summed E-state index contributed by atoms with van der Waals surface area (Å²) in [6, 6.07) is 0. The number of carbonyl (C=O) groups excluding carboxylic acids is 1. The smallest absolute Gasteiger partial charge is 0.333 e. The highest BCUT2D eigenvalue weighted by atomic mass is 79.9. The van der Waals surface area contributed by atoms with E-state index >= 15 is 0 Å². The van der Waals surface area contributed by atoms with Crippen molar-refractivity contribution < 1.29 is 9.53 Å². The molecule has 0 bridgehead atoms. The van der Waals surface area contributed by atoms with Crippen molar-refractivity contribution in [3.8, 4) is 0 Å². The molecule has 0 atom stereocenters. The molecule has 0 aliphatic rings. The Kier molecular flexibility index (Phi) is 4.40. The van der Waals surface area contributed by atoms with Crippen LogP contribution in [0.5, 0.6) is 0 Å². The van der Waals surface area contributed by atoms with E-state index in [4.69, 9.17) is 0 Å². The molecule has 0 unspecified atom stereocenters. The zero-order valence-corrected chi connectivity index (χ0v) is 7.06. The maximum atomic E-state index is 10.6. The van der Waals surface area contributed by atoms with Gasteiger partial charge in [-0.15, -0.1) is 0 Å². The monoisotopic (exact) mass is 192 g/mol. The zero-order chi connectivity index (χ0) is 7.28. The minimum Gasteiger partial charge on any atom is -0.466 e. The molecule has 2 nitrogen and oxygen atoms in total. The number of methoxy groups -OCH3 is 1. The first kappa shape index (κ1) is 8.69. The molecule has 0 saturated heterocycles. The van der Waals surface area contributed by atoms with Crippen molar-refractivity contribution >= 4 is 21.9 Å². The summed E-state index contributed by atoms with van der Waals surface area (Å²) in [4.78, 5) is 10.6. The maximum Gasteiger partial charge on any atom is 0.333 e. The van der Waals surface area contributed by atoms with Crippen molar-refractivity contribution in [1.29, 1.82) is 0 Å². The van der Waals surface area contributed by atoms with Gasteiger partial charge in [-0.1, -0.05) is 22.0 Å². The van der Waals surface area contributed by atoms with Gasteiger partial charge in [0.15, 0.2) is 0 Å². The standard InChI is InChI=1S/C6H9BrO2/c1-5(3-4-7)6(8)9-2/h3H,4H2,1-2H3. The number of esters is 1. The van der Waals surface area contributed by atoms with E-state index in [9.17, 15) is 4.79 Å². The first-order valence-corrected chi connectivity index (χ1v) is 3.65. The fourth-order valence-electron chi connectivity index (χ4n) is 0.360. The van der Waals surface area contributed by atoms with Crippen molar-refractivity contribution in [3.63, 3.8) is 0 Å². The Morgan fingerprint density at radius 1 is 1.78 bits per heavy atom. The number of hydrogen-bond acceptors (Lipinski definition) is 2. The average molecular weight is 193 g/mol. The number of carbonyl (C=O) groups is 1. The second-order valence-corrected chi connectivity index (χ2v) is 2.18. The third kappa shape index (κ3) is 3.30. The van der Waals surface area contributed by atoms with E-state index < -0.39 is 0 Å². The van der Waals surface area contributed by atoms with Gasteiger partial charge in [-0.25, -0.2) is 4.79 Å². The molecule has 0 radical (unpaired) electrons. The lowest BCUT2D eigenvalue weighted by Crippen LogP contribution is -2.01. The van der Waals surface area contributed by atoms with Gasteiger partial charge in [0.25, 0.3) is 0 Å². The summed E-state index contributed by atoms with van der Waals surface area (Å²) in [5.74, 6) is -0.269. The SMILES string of the molecule is COC(=O)C(C)=CCBr. The predicted molar refractivity (Wildman–Crippen MR) is 39.6 cm³/mol. The largest absolute Gasteiger partial charge is 0.466 e. The van der Waals surface area contributed by atoms with E-state index in [1.807, 2.05) is 0 Å². The minimum atomic E-state index is -0.269. The van der Waals surface area contributed by atoms with Crippen molar-refractivity contribution in [2.75, 3.05) is 12.4 Å². The maximum absolute atomic E-state index is 10.6. The Balaban J connectivity index is 3.86. The van der Waals surface area contributed by atoms with Crippen LogP contribution in [0.3, 0.4) is 0 Å². The number of ether oxygens (including phenoxy) is 1. The third-order valence-electron chi connectivity index (χ3n) is 0.891. The van der Waals surface area contributed by atoms with Crippen molar-refractivity contribution in [3.05, 3.63) is 11.6 Å². The number of alkyl halides is 1. The summed E-state index contributed by atoms with van der Waals surface area (Å²) in [6.07, 6.45) is 1.76. The van der Waals surface area contributed by atoms with Crippen molar-refractivity contribution in [1.82, 2.24) is 0 Å². The Bertz CT molecular complexity index is 129. The average Bonchev–Trinajstić information content (AvgIpc) is 1.87. The van der Waals surface area contributed by atoms with Gasteiger partial charge in [-0.3, -0.25) is 0 Å². The fourth-order valence-corrected chi connectivity index (χ4v) is 0.846. The molecule has 0 amide bonds. The van der Waals surface area contributed by atoms with Crippen LogP contribution in [0.4, 0.5) is 0 Å². The highest BCUT2D eigenvalue weighted by molar-refractivity contribution is 9.09. The van der Waals surface area contributed by atoms with Crippen LogP contribution in [0, 0.1) is 0 Å². The van der Waals surface area contributed by atoms with Crippen LogP contribution in [0.25, 0.3) is 0 Å². The van der Waals surface area contributed by atoms with Crippen LogP contribution in [0.2, 0.25) is 0 Å². The molecule has 0 aromatic carbocycles. The Morgan fingerprint density at radius 3 is 2.67 bits per heavy atom. The highest BCUT2D eigenvalue weighted by Crippen LogP contribution is 1.96. The zero-order valence-electron chi connectivity index (χ0n) is 5.48. The Hall–Kier alpha value is -0.310. The third-order valence-corrected chi connectivity index (χ3v) is 1.21. The molecule has 0 heterocycles. The van der Waals surface area contributed by atoms with Crippen LogP contribution in [-0.2, 0) is 9.53 Å². The van der Waals surface area contributed by atoms with Gasteiger partial charge in [0.05, 0.1) is 7.11 Å². The second-order valence-electron chi connectivity index (χ2n) is 1.53. The molecule has 52 valence electrons. The van der Waals surface area contributed by atoms with E-state index in [-0.39, 0.29) is 5.97 Å². The molecular formula is C6H9BrO2. The van der Waals surface area contributed by atoms with Gasteiger partial charge in [0.2, 0.25) is 0 Å². The Labute approximate surface area is 63.0 Å². The van der Waals surface area contributed by atoms with Gasteiger partial charge in [-0.2, -0.15) is 0 Å². The lowest BCUT2D eigenvalue weighted by atomic mass is 10.3. The minimum absolute atomic E-state index is 0.269. The first-order chi connectivity index (χ1) is 4.22. The molecule has 0 aromatic heterocycles. The summed E-state index contributed by atoms with van der Waals surface area (Å²) < 4.78 is 4.44. The number of halogens is 1. The molecule has 0 aliphatic carbocycles. The van der Waals surface area contributed by atoms with Crippen LogP contribution < -0.4 is 0 Å². The lowest BCUT2D eigenvalue weighted by molar-refractivity contribution is -0.136. The molecule has 0 rings (SSSR count). The van der Waals surface area contributed by atoms with E-state index in [1.165, 1.54) is 7.11 Å². The topological polar surface area (TPSA) is 26.3 Å². The Morgan fingerprint density at radius 2 is 2.33 bits per heavy atom. The predicted octanol–water partition coefficient (Wildman–Crippen LogP) is 1.50. The van der Waals surface area contributed by atoms with E-state index in [0.29, 0.717) is 10.9 Å². The van der Waals surface area contributed by atoms with Gasteiger partial charge >= 0.3 is 5.97 Å². The quantitative estimate of drug-likeness (QED) is 0.377. The molecule has 9 heavy (non-hydrogen) atoms. The van der Waals surface area contributed by atoms with Crippen LogP contribution in [0.15, 0.2) is 11.6 Å².